The van der Waals surface area contributed by atoms with Gasteiger partial charge >= 0.3 is 6.09 Å². The van der Waals surface area contributed by atoms with Crippen LogP contribution in [0, 0.1) is 10.1 Å². The van der Waals surface area contributed by atoms with Crippen LogP contribution in [-0.4, -0.2) is 15.6 Å². The first-order chi connectivity index (χ1) is 9.66. The second kappa shape index (κ2) is 6.33. The molecule has 0 radical (unpaired) electrons. The van der Waals surface area contributed by atoms with Crippen LogP contribution in [0.4, 0.5) is 4.79 Å². The van der Waals surface area contributed by atoms with Crippen LogP contribution >= 0.6 is 0 Å². The molecule has 0 atom stereocenters. The number of benzene rings is 1. The predicted molar refractivity (Wildman–Crippen MR) is 72.5 cm³/mol. The van der Waals surface area contributed by atoms with Gasteiger partial charge in [-0.05, 0) is 17.7 Å². The van der Waals surface area contributed by atoms with Crippen LogP contribution in [0.1, 0.15) is 11.3 Å². The molecule has 0 fully saturated rings. The van der Waals surface area contributed by atoms with E-state index < -0.39 is 11.0 Å². The first-order valence-corrected chi connectivity index (χ1v) is 5.87. The maximum Gasteiger partial charge on any atom is 0.418 e. The second-order valence-electron chi connectivity index (χ2n) is 3.94. The molecule has 0 aliphatic carbocycles. The van der Waals surface area contributed by atoms with Crippen LogP contribution in [0.25, 0.3) is 6.08 Å². The Morgan fingerprint density at radius 3 is 2.70 bits per heavy atom. The van der Waals surface area contributed by atoms with Crippen LogP contribution in [-0.2, 0) is 11.3 Å². The molecule has 0 amide bonds. The molecule has 0 saturated carbocycles. The predicted octanol–water partition coefficient (Wildman–Crippen LogP) is 2.92. The fourth-order valence-electron chi connectivity index (χ4n) is 1.62. The minimum atomic E-state index is -0.591. The number of rotatable bonds is 4. The summed E-state index contributed by atoms with van der Waals surface area (Å²) in [5.74, 6) is 0. The van der Waals surface area contributed by atoms with E-state index in [1.165, 1.54) is 16.8 Å². The quantitative estimate of drug-likeness (QED) is 0.633. The Kier molecular flexibility index (Phi) is 4.28. The number of carbonyl (C=O) groups excluding carboxylic acids is 1. The molecule has 0 aliphatic rings. The Hall–Kier alpha value is -2.89. The van der Waals surface area contributed by atoms with Gasteiger partial charge in [0.1, 0.15) is 6.61 Å². The summed E-state index contributed by atoms with van der Waals surface area (Å²) in [5, 5.41) is 10.3. The van der Waals surface area contributed by atoms with Crippen molar-refractivity contribution in [1.82, 2.24) is 4.57 Å². The average Bonchev–Trinajstić information content (AvgIpc) is 2.92. The van der Waals surface area contributed by atoms with Gasteiger partial charge in [0, 0.05) is 12.3 Å². The molecule has 1 heterocycles. The summed E-state index contributed by atoms with van der Waals surface area (Å²) in [5.41, 5.74) is 1.26. The third kappa shape index (κ3) is 3.55. The van der Waals surface area contributed by atoms with E-state index in [-0.39, 0.29) is 6.61 Å². The van der Waals surface area contributed by atoms with Crippen molar-refractivity contribution in [3.8, 4) is 0 Å². The number of hydrogen-bond donors (Lipinski definition) is 0. The summed E-state index contributed by atoms with van der Waals surface area (Å²) in [6, 6.07) is 12.5. The Bertz CT molecular complexity index is 632. The molecule has 0 unspecified atom stereocenters. The highest BCUT2D eigenvalue weighted by atomic mass is 16.6. The number of ether oxygens (including phenoxy) is 1. The molecule has 1 aromatic heterocycles. The Labute approximate surface area is 115 Å². The van der Waals surface area contributed by atoms with E-state index >= 15 is 0 Å². The molecule has 0 saturated heterocycles. The SMILES string of the molecule is O=C(OCc1ccccc1)n1cccc1/C=C/[N+](=O)[O-]. The van der Waals surface area contributed by atoms with Crippen molar-refractivity contribution in [1.29, 1.82) is 0 Å². The zero-order valence-corrected chi connectivity index (χ0v) is 10.5. The van der Waals surface area contributed by atoms with Gasteiger partial charge in [-0.2, -0.15) is 0 Å². The highest BCUT2D eigenvalue weighted by Gasteiger charge is 2.09. The number of carbonyl (C=O) groups is 1. The van der Waals surface area contributed by atoms with Crippen molar-refractivity contribution < 1.29 is 14.5 Å². The smallest absolute Gasteiger partial charge is 0.418 e. The van der Waals surface area contributed by atoms with Crippen molar-refractivity contribution in [2.45, 2.75) is 6.61 Å². The van der Waals surface area contributed by atoms with Gasteiger partial charge in [-0.15, -0.1) is 0 Å². The van der Waals surface area contributed by atoms with Crippen molar-refractivity contribution in [2.24, 2.45) is 0 Å². The van der Waals surface area contributed by atoms with Gasteiger partial charge < -0.3 is 4.74 Å². The van der Waals surface area contributed by atoms with Gasteiger partial charge in [-0.1, -0.05) is 30.3 Å². The van der Waals surface area contributed by atoms with Gasteiger partial charge in [-0.3, -0.25) is 14.7 Å². The lowest BCUT2D eigenvalue weighted by Gasteiger charge is -2.06. The van der Waals surface area contributed by atoms with E-state index in [1.54, 1.807) is 12.1 Å². The molecule has 20 heavy (non-hydrogen) atoms. The first kappa shape index (κ1) is 13.5. The molecule has 102 valence electrons. The van der Waals surface area contributed by atoms with E-state index in [2.05, 4.69) is 0 Å². The molecule has 0 spiro atoms. The lowest BCUT2D eigenvalue weighted by molar-refractivity contribution is -0.401. The second-order valence-corrected chi connectivity index (χ2v) is 3.94. The average molecular weight is 272 g/mol. The normalized spacial score (nSPS) is 10.6. The van der Waals surface area contributed by atoms with Gasteiger partial charge in [0.2, 0.25) is 6.20 Å². The highest BCUT2D eigenvalue weighted by molar-refractivity contribution is 5.74. The third-order valence-corrected chi connectivity index (χ3v) is 2.55. The fraction of sp³-hybridized carbons (Fsp3) is 0.0714. The van der Waals surface area contributed by atoms with Crippen molar-refractivity contribution in [3.05, 3.63) is 76.2 Å². The van der Waals surface area contributed by atoms with Gasteiger partial charge in [0.05, 0.1) is 10.6 Å². The molecule has 6 heteroatoms. The van der Waals surface area contributed by atoms with Gasteiger partial charge in [0.25, 0.3) is 0 Å². The summed E-state index contributed by atoms with van der Waals surface area (Å²) < 4.78 is 6.35. The van der Waals surface area contributed by atoms with Crippen LogP contribution in [0.3, 0.4) is 0 Å². The third-order valence-electron chi connectivity index (χ3n) is 2.55. The van der Waals surface area contributed by atoms with Crippen molar-refractivity contribution in [3.63, 3.8) is 0 Å². The number of hydrogen-bond acceptors (Lipinski definition) is 4. The maximum absolute atomic E-state index is 11.9. The van der Waals surface area contributed by atoms with E-state index in [0.717, 1.165) is 11.8 Å². The molecule has 2 rings (SSSR count). The highest BCUT2D eigenvalue weighted by Crippen LogP contribution is 2.08. The first-order valence-electron chi connectivity index (χ1n) is 5.87. The number of nitro groups is 1. The maximum atomic E-state index is 11.9. The minimum absolute atomic E-state index is 0.149. The Morgan fingerprint density at radius 1 is 1.25 bits per heavy atom. The zero-order valence-electron chi connectivity index (χ0n) is 10.5. The van der Waals surface area contributed by atoms with Crippen LogP contribution in [0.5, 0.6) is 0 Å². The van der Waals surface area contributed by atoms with Crippen LogP contribution in [0.15, 0.2) is 54.9 Å². The van der Waals surface area contributed by atoms with E-state index in [4.69, 9.17) is 4.74 Å². The molecule has 0 N–H and O–H groups in total. The lowest BCUT2D eigenvalue weighted by atomic mass is 10.2. The van der Waals surface area contributed by atoms with Crippen LogP contribution < -0.4 is 0 Å². The minimum Gasteiger partial charge on any atom is -0.444 e. The molecular weight excluding hydrogens is 260 g/mol. The number of aromatic nitrogens is 1. The summed E-state index contributed by atoms with van der Waals surface area (Å²) in [6.45, 7) is 0.149. The van der Waals surface area contributed by atoms with Gasteiger partial charge in [0.15, 0.2) is 0 Å². The molecule has 2 aromatic rings. The van der Waals surface area contributed by atoms with Crippen molar-refractivity contribution in [2.75, 3.05) is 0 Å². The number of nitrogens with zero attached hydrogens (tertiary/aromatic N) is 2. The molecule has 6 nitrogen and oxygen atoms in total. The monoisotopic (exact) mass is 272 g/mol. The Balaban J connectivity index is 2.03. The molecule has 0 bridgehead atoms. The lowest BCUT2D eigenvalue weighted by Crippen LogP contribution is -2.13. The summed E-state index contributed by atoms with van der Waals surface area (Å²) in [7, 11) is 0. The summed E-state index contributed by atoms with van der Waals surface area (Å²) >= 11 is 0. The zero-order chi connectivity index (χ0) is 14.4. The largest absolute Gasteiger partial charge is 0.444 e. The fourth-order valence-corrected chi connectivity index (χ4v) is 1.62. The molecule has 1 aromatic carbocycles. The van der Waals surface area contributed by atoms with E-state index in [0.29, 0.717) is 5.69 Å². The van der Waals surface area contributed by atoms with Gasteiger partial charge in [-0.25, -0.2) is 4.79 Å². The van der Waals surface area contributed by atoms with Crippen molar-refractivity contribution >= 4 is 12.2 Å². The van der Waals surface area contributed by atoms with E-state index in [9.17, 15) is 14.9 Å². The Morgan fingerprint density at radius 2 is 2.00 bits per heavy atom. The topological polar surface area (TPSA) is 74.4 Å². The van der Waals surface area contributed by atoms with E-state index in [1.807, 2.05) is 30.3 Å². The molecule has 0 aliphatic heterocycles. The molecular formula is C14H12N2O4. The van der Waals surface area contributed by atoms with Crippen LogP contribution in [0.2, 0.25) is 0 Å². The summed E-state index contributed by atoms with van der Waals surface area (Å²) in [6.07, 6.45) is 2.93. The standard InChI is InChI=1S/C14H12N2O4/c17-14(20-11-12-5-2-1-3-6-12)15-9-4-7-13(15)8-10-16(18)19/h1-10H,11H2/b10-8+. The summed E-state index contributed by atoms with van der Waals surface area (Å²) in [4.78, 5) is 21.6.